The van der Waals surface area contributed by atoms with Crippen LogP contribution in [0.15, 0.2) is 42.7 Å². The number of nitrogens with zero attached hydrogens (tertiary/aromatic N) is 2. The van der Waals surface area contributed by atoms with Gasteiger partial charge in [0.25, 0.3) is 0 Å². The number of aromatic nitrogens is 2. The number of benzene rings is 1. The van der Waals surface area contributed by atoms with Crippen LogP contribution in [0.5, 0.6) is 0 Å². The fraction of sp³-hybridized carbons (Fsp3) is 0.357. The Hall–Kier alpha value is -1.65. The van der Waals surface area contributed by atoms with Gasteiger partial charge in [-0.15, -0.1) is 0 Å². The number of para-hydroxylation sites is 1. The van der Waals surface area contributed by atoms with Gasteiger partial charge in [0.2, 0.25) is 0 Å². The summed E-state index contributed by atoms with van der Waals surface area (Å²) in [5.41, 5.74) is 2.24. The highest BCUT2D eigenvalue weighted by molar-refractivity contribution is 5.30. The highest BCUT2D eigenvalue weighted by Gasteiger charge is 2.26. The molecule has 0 radical (unpaired) electrons. The van der Waals surface area contributed by atoms with Gasteiger partial charge in [0.15, 0.2) is 0 Å². The van der Waals surface area contributed by atoms with E-state index in [0.29, 0.717) is 6.04 Å². The van der Waals surface area contributed by atoms with Gasteiger partial charge in [0.1, 0.15) is 0 Å². The summed E-state index contributed by atoms with van der Waals surface area (Å²) >= 11 is 0. The van der Waals surface area contributed by atoms with Crippen molar-refractivity contribution in [3.63, 3.8) is 0 Å². The van der Waals surface area contributed by atoms with Gasteiger partial charge >= 0.3 is 0 Å². The number of hydrogen-bond acceptors (Lipinski definition) is 3. The molecule has 0 spiro atoms. The Labute approximate surface area is 106 Å². The van der Waals surface area contributed by atoms with E-state index in [1.807, 2.05) is 47.4 Å². The van der Waals surface area contributed by atoms with Gasteiger partial charge in [-0.2, -0.15) is 5.10 Å². The smallest absolute Gasteiger partial charge is 0.0645 e. The molecule has 0 saturated heterocycles. The van der Waals surface area contributed by atoms with E-state index in [9.17, 15) is 5.11 Å². The summed E-state index contributed by atoms with van der Waals surface area (Å²) in [6.07, 6.45) is 5.56. The number of nitrogens with one attached hydrogen (secondary N) is 1. The van der Waals surface area contributed by atoms with Crippen molar-refractivity contribution in [3.05, 3.63) is 48.3 Å². The van der Waals surface area contributed by atoms with Gasteiger partial charge in [-0.1, -0.05) is 18.2 Å². The summed E-state index contributed by atoms with van der Waals surface area (Å²) in [6, 6.07) is 10.5. The molecule has 0 amide bonds. The Morgan fingerprint density at radius 3 is 2.78 bits per heavy atom. The largest absolute Gasteiger partial charge is 0.393 e. The monoisotopic (exact) mass is 243 g/mol. The molecule has 1 heterocycles. The molecular formula is C14H17N3O. The van der Waals surface area contributed by atoms with E-state index < -0.39 is 0 Å². The van der Waals surface area contributed by atoms with Crippen molar-refractivity contribution in [1.29, 1.82) is 0 Å². The van der Waals surface area contributed by atoms with Crippen LogP contribution in [0.25, 0.3) is 5.69 Å². The highest BCUT2D eigenvalue weighted by Crippen LogP contribution is 2.19. The average Bonchev–Trinajstić information content (AvgIpc) is 2.83. The van der Waals surface area contributed by atoms with Crippen LogP contribution in [-0.4, -0.2) is 27.0 Å². The topological polar surface area (TPSA) is 50.1 Å². The van der Waals surface area contributed by atoms with Crippen LogP contribution in [0.4, 0.5) is 0 Å². The molecule has 1 aliphatic carbocycles. The maximum atomic E-state index is 9.21. The molecule has 0 aliphatic heterocycles. The predicted octanol–water partition coefficient (Wildman–Crippen LogP) is 1.49. The van der Waals surface area contributed by atoms with Gasteiger partial charge in [-0.3, -0.25) is 0 Å². The molecule has 2 aromatic rings. The molecule has 1 aromatic carbocycles. The first-order valence-electron chi connectivity index (χ1n) is 6.32. The summed E-state index contributed by atoms with van der Waals surface area (Å²) in [4.78, 5) is 0. The van der Waals surface area contributed by atoms with Gasteiger partial charge in [-0.25, -0.2) is 4.68 Å². The molecule has 1 aliphatic rings. The van der Waals surface area contributed by atoms with Crippen LogP contribution in [0.1, 0.15) is 18.4 Å². The zero-order valence-electron chi connectivity index (χ0n) is 10.2. The molecule has 18 heavy (non-hydrogen) atoms. The molecule has 94 valence electrons. The first-order chi connectivity index (χ1) is 8.81. The van der Waals surface area contributed by atoms with Gasteiger partial charge in [-0.05, 0) is 25.0 Å². The molecule has 2 N–H and O–H groups in total. The zero-order chi connectivity index (χ0) is 12.4. The lowest BCUT2D eigenvalue weighted by Crippen LogP contribution is -2.43. The third kappa shape index (κ3) is 2.44. The maximum absolute atomic E-state index is 9.21. The predicted molar refractivity (Wildman–Crippen MR) is 69.4 cm³/mol. The van der Waals surface area contributed by atoms with E-state index in [0.717, 1.165) is 25.1 Å². The molecule has 4 nitrogen and oxygen atoms in total. The summed E-state index contributed by atoms with van der Waals surface area (Å²) in [5.74, 6) is 0. The first kappa shape index (κ1) is 11.4. The highest BCUT2D eigenvalue weighted by atomic mass is 16.3. The fourth-order valence-corrected chi connectivity index (χ4v) is 2.19. The first-order valence-corrected chi connectivity index (χ1v) is 6.32. The molecule has 0 bridgehead atoms. The summed E-state index contributed by atoms with van der Waals surface area (Å²) in [5, 5.41) is 17.0. The third-order valence-electron chi connectivity index (χ3n) is 3.36. The lowest BCUT2D eigenvalue weighted by Gasteiger charge is -2.32. The lowest BCUT2D eigenvalue weighted by molar-refractivity contribution is 0.0619. The lowest BCUT2D eigenvalue weighted by atomic mass is 9.89. The van der Waals surface area contributed by atoms with Crippen molar-refractivity contribution in [3.8, 4) is 5.69 Å². The minimum absolute atomic E-state index is 0.102. The van der Waals surface area contributed by atoms with Crippen molar-refractivity contribution < 1.29 is 5.11 Å². The Morgan fingerprint density at radius 1 is 1.28 bits per heavy atom. The van der Waals surface area contributed by atoms with E-state index in [2.05, 4.69) is 10.4 Å². The second-order valence-electron chi connectivity index (χ2n) is 4.83. The molecular weight excluding hydrogens is 226 g/mol. The standard InChI is InChI=1S/C14H17N3O/c18-14-6-12(7-14)15-8-11-9-16-17(10-11)13-4-2-1-3-5-13/h1-5,9-10,12,14-15,18H,6-8H2. The average molecular weight is 243 g/mol. The normalized spacial score (nSPS) is 22.7. The Bertz CT molecular complexity index is 503. The van der Waals surface area contributed by atoms with Crippen molar-refractivity contribution in [2.75, 3.05) is 0 Å². The summed E-state index contributed by atoms with van der Waals surface area (Å²) < 4.78 is 1.88. The van der Waals surface area contributed by atoms with E-state index >= 15 is 0 Å². The number of rotatable bonds is 4. The quantitative estimate of drug-likeness (QED) is 0.855. The number of hydrogen-bond donors (Lipinski definition) is 2. The minimum atomic E-state index is -0.102. The van der Waals surface area contributed by atoms with Crippen LogP contribution in [-0.2, 0) is 6.54 Å². The van der Waals surface area contributed by atoms with Gasteiger partial charge < -0.3 is 10.4 Å². The number of aliphatic hydroxyl groups is 1. The van der Waals surface area contributed by atoms with Crippen molar-refractivity contribution >= 4 is 0 Å². The third-order valence-corrected chi connectivity index (χ3v) is 3.36. The van der Waals surface area contributed by atoms with E-state index in [1.165, 1.54) is 5.56 Å². The fourth-order valence-electron chi connectivity index (χ4n) is 2.19. The Morgan fingerprint density at radius 2 is 2.06 bits per heavy atom. The Balaban J connectivity index is 1.60. The molecule has 3 rings (SSSR count). The molecule has 0 unspecified atom stereocenters. The molecule has 1 fully saturated rings. The van der Waals surface area contributed by atoms with E-state index in [-0.39, 0.29) is 6.10 Å². The van der Waals surface area contributed by atoms with Crippen LogP contribution in [0.2, 0.25) is 0 Å². The maximum Gasteiger partial charge on any atom is 0.0645 e. The van der Waals surface area contributed by atoms with Crippen molar-refractivity contribution in [1.82, 2.24) is 15.1 Å². The SMILES string of the molecule is OC1CC(NCc2cnn(-c3ccccc3)c2)C1. The zero-order valence-corrected chi connectivity index (χ0v) is 10.2. The molecule has 1 saturated carbocycles. The number of aliphatic hydroxyl groups excluding tert-OH is 1. The van der Waals surface area contributed by atoms with E-state index in [1.54, 1.807) is 0 Å². The minimum Gasteiger partial charge on any atom is -0.393 e. The van der Waals surface area contributed by atoms with Crippen LogP contribution in [0.3, 0.4) is 0 Å². The van der Waals surface area contributed by atoms with E-state index in [4.69, 9.17) is 0 Å². The molecule has 0 atom stereocenters. The molecule has 4 heteroatoms. The van der Waals surface area contributed by atoms with Crippen LogP contribution >= 0.6 is 0 Å². The summed E-state index contributed by atoms with van der Waals surface area (Å²) in [7, 11) is 0. The molecule has 1 aromatic heterocycles. The van der Waals surface area contributed by atoms with Crippen molar-refractivity contribution in [2.45, 2.75) is 31.5 Å². The van der Waals surface area contributed by atoms with Gasteiger partial charge in [0, 0.05) is 24.3 Å². The summed E-state index contributed by atoms with van der Waals surface area (Å²) in [6.45, 7) is 0.810. The van der Waals surface area contributed by atoms with Gasteiger partial charge in [0.05, 0.1) is 18.0 Å². The van der Waals surface area contributed by atoms with Crippen LogP contribution in [0, 0.1) is 0 Å². The van der Waals surface area contributed by atoms with Crippen LogP contribution < -0.4 is 5.32 Å². The second kappa shape index (κ2) is 4.92. The Kier molecular flexibility index (Phi) is 3.13. The second-order valence-corrected chi connectivity index (χ2v) is 4.83. The van der Waals surface area contributed by atoms with Crippen molar-refractivity contribution in [2.24, 2.45) is 0 Å².